The summed E-state index contributed by atoms with van der Waals surface area (Å²) in [6, 6.07) is 1.74. The molecule has 1 fully saturated rings. The molecule has 0 saturated carbocycles. The average Bonchev–Trinajstić information content (AvgIpc) is 3.08. The molecule has 2 aromatic rings. The maximum Gasteiger partial charge on any atom is 0.269 e. The largest absolute Gasteiger partial charge is 0.424 e. The summed E-state index contributed by atoms with van der Waals surface area (Å²) in [5.74, 6) is 1.02. The van der Waals surface area contributed by atoms with Crippen LogP contribution in [0.3, 0.4) is 0 Å². The van der Waals surface area contributed by atoms with Crippen LogP contribution in [-0.2, 0) is 6.54 Å². The Balaban J connectivity index is 1.66. The number of aromatic amines is 1. The Hall–Kier alpha value is -2.22. The van der Waals surface area contributed by atoms with Crippen molar-refractivity contribution in [2.45, 2.75) is 32.2 Å². The van der Waals surface area contributed by atoms with Crippen LogP contribution >= 0.6 is 0 Å². The van der Waals surface area contributed by atoms with Gasteiger partial charge in [-0.1, -0.05) is 0 Å². The standard InChI is InChI=1S/C13H18N6O2/c1-8-15-18-12(21-8)7-19-4-2-3-9(6-19)10-5-11(13(14)20)17-16-10/h5,9H,2-4,6-7H2,1H3,(H2,14,20)(H,16,17). The first-order chi connectivity index (χ1) is 10.1. The second kappa shape index (κ2) is 5.65. The number of hydrogen-bond donors (Lipinski definition) is 2. The summed E-state index contributed by atoms with van der Waals surface area (Å²) in [5.41, 5.74) is 6.47. The van der Waals surface area contributed by atoms with Crippen molar-refractivity contribution < 1.29 is 9.21 Å². The molecule has 21 heavy (non-hydrogen) atoms. The molecule has 8 nitrogen and oxygen atoms in total. The van der Waals surface area contributed by atoms with Gasteiger partial charge in [0.05, 0.1) is 6.54 Å². The first-order valence-electron chi connectivity index (χ1n) is 6.98. The Bertz CT molecular complexity index is 634. The number of hydrogen-bond acceptors (Lipinski definition) is 6. The molecule has 1 amide bonds. The minimum Gasteiger partial charge on any atom is -0.424 e. The maximum atomic E-state index is 11.1. The van der Waals surface area contributed by atoms with Crippen molar-refractivity contribution in [1.29, 1.82) is 0 Å². The molecule has 8 heteroatoms. The molecular weight excluding hydrogens is 272 g/mol. The Morgan fingerprint density at radius 2 is 2.43 bits per heavy atom. The number of likely N-dealkylation sites (tertiary alicyclic amines) is 1. The van der Waals surface area contributed by atoms with Gasteiger partial charge in [-0.3, -0.25) is 14.8 Å². The number of amides is 1. The number of piperidine rings is 1. The van der Waals surface area contributed by atoms with Gasteiger partial charge in [-0.25, -0.2) is 0 Å². The van der Waals surface area contributed by atoms with E-state index < -0.39 is 5.91 Å². The second-order valence-corrected chi connectivity index (χ2v) is 5.36. The van der Waals surface area contributed by atoms with Crippen molar-refractivity contribution in [2.24, 2.45) is 5.73 Å². The zero-order chi connectivity index (χ0) is 14.8. The van der Waals surface area contributed by atoms with Crippen molar-refractivity contribution in [3.05, 3.63) is 29.2 Å². The normalized spacial score (nSPS) is 19.8. The molecule has 2 aromatic heterocycles. The minimum absolute atomic E-state index is 0.287. The highest BCUT2D eigenvalue weighted by Crippen LogP contribution is 2.26. The maximum absolute atomic E-state index is 11.1. The monoisotopic (exact) mass is 290 g/mol. The van der Waals surface area contributed by atoms with E-state index in [0.29, 0.717) is 24.2 Å². The molecule has 0 aromatic carbocycles. The Labute approximate surface area is 121 Å². The van der Waals surface area contributed by atoms with Crippen LogP contribution in [0.25, 0.3) is 0 Å². The molecule has 1 unspecified atom stereocenters. The minimum atomic E-state index is -0.508. The molecule has 0 bridgehead atoms. The van der Waals surface area contributed by atoms with Crippen molar-refractivity contribution >= 4 is 5.91 Å². The summed E-state index contributed by atoms with van der Waals surface area (Å²) < 4.78 is 5.42. The van der Waals surface area contributed by atoms with Gasteiger partial charge in [0.2, 0.25) is 11.8 Å². The van der Waals surface area contributed by atoms with Gasteiger partial charge in [0.25, 0.3) is 5.91 Å². The van der Waals surface area contributed by atoms with Crippen LogP contribution in [0.2, 0.25) is 0 Å². The van der Waals surface area contributed by atoms with Crippen molar-refractivity contribution in [1.82, 2.24) is 25.3 Å². The third-order valence-corrected chi connectivity index (χ3v) is 3.72. The number of aromatic nitrogens is 4. The van der Waals surface area contributed by atoms with Crippen LogP contribution in [0.15, 0.2) is 10.5 Å². The molecule has 1 aliphatic heterocycles. The summed E-state index contributed by atoms with van der Waals surface area (Å²) in [4.78, 5) is 13.4. The number of primary amides is 1. The summed E-state index contributed by atoms with van der Waals surface area (Å²) in [5, 5.41) is 14.7. The number of H-pyrrole nitrogens is 1. The second-order valence-electron chi connectivity index (χ2n) is 5.36. The van der Waals surface area contributed by atoms with Gasteiger partial charge in [0, 0.05) is 25.1 Å². The van der Waals surface area contributed by atoms with Crippen LogP contribution in [0.1, 0.15) is 46.7 Å². The van der Waals surface area contributed by atoms with Crippen LogP contribution < -0.4 is 5.73 Å². The lowest BCUT2D eigenvalue weighted by Gasteiger charge is -2.31. The van der Waals surface area contributed by atoms with E-state index in [1.54, 1.807) is 13.0 Å². The number of nitrogens with zero attached hydrogens (tertiary/aromatic N) is 4. The van der Waals surface area contributed by atoms with Crippen molar-refractivity contribution in [3.8, 4) is 0 Å². The first-order valence-corrected chi connectivity index (χ1v) is 6.98. The SMILES string of the molecule is Cc1nnc(CN2CCCC(c3cc(C(N)=O)n[nH]3)C2)o1. The molecule has 1 aliphatic rings. The summed E-state index contributed by atoms with van der Waals surface area (Å²) in [6.45, 7) is 4.29. The van der Waals surface area contributed by atoms with E-state index in [0.717, 1.165) is 31.6 Å². The average molecular weight is 290 g/mol. The summed E-state index contributed by atoms with van der Waals surface area (Å²) in [7, 11) is 0. The fourth-order valence-corrected chi connectivity index (χ4v) is 2.72. The molecule has 3 N–H and O–H groups in total. The number of carbonyl (C=O) groups is 1. The van der Waals surface area contributed by atoms with E-state index in [-0.39, 0.29) is 5.69 Å². The molecule has 1 saturated heterocycles. The van der Waals surface area contributed by atoms with Gasteiger partial charge in [-0.05, 0) is 25.5 Å². The smallest absolute Gasteiger partial charge is 0.269 e. The highest BCUT2D eigenvalue weighted by molar-refractivity contribution is 5.90. The van der Waals surface area contributed by atoms with Gasteiger partial charge >= 0.3 is 0 Å². The number of aryl methyl sites for hydroxylation is 1. The van der Waals surface area contributed by atoms with Crippen LogP contribution in [0, 0.1) is 6.92 Å². The molecular formula is C13H18N6O2. The number of nitrogens with two attached hydrogens (primary N) is 1. The van der Waals surface area contributed by atoms with Crippen LogP contribution in [0.5, 0.6) is 0 Å². The fourth-order valence-electron chi connectivity index (χ4n) is 2.72. The lowest BCUT2D eigenvalue weighted by Crippen LogP contribution is -2.34. The lowest BCUT2D eigenvalue weighted by molar-refractivity contribution is 0.0995. The topological polar surface area (TPSA) is 114 Å². The van der Waals surface area contributed by atoms with Crippen molar-refractivity contribution in [3.63, 3.8) is 0 Å². The first kappa shape index (κ1) is 13.7. The van der Waals surface area contributed by atoms with E-state index >= 15 is 0 Å². The summed E-state index contributed by atoms with van der Waals surface area (Å²) >= 11 is 0. The van der Waals surface area contributed by atoms with Gasteiger partial charge in [-0.2, -0.15) is 5.10 Å². The van der Waals surface area contributed by atoms with E-state index in [1.807, 2.05) is 0 Å². The van der Waals surface area contributed by atoms with E-state index in [1.165, 1.54) is 0 Å². The summed E-state index contributed by atoms with van der Waals surface area (Å²) in [6.07, 6.45) is 2.13. The highest BCUT2D eigenvalue weighted by Gasteiger charge is 2.24. The molecule has 3 heterocycles. The molecule has 0 radical (unpaired) electrons. The Morgan fingerprint density at radius 1 is 1.57 bits per heavy atom. The predicted octanol–water partition coefficient (Wildman–Crippen LogP) is 0.580. The molecule has 0 aliphatic carbocycles. The predicted molar refractivity (Wildman–Crippen MR) is 73.4 cm³/mol. The third kappa shape index (κ3) is 3.10. The van der Waals surface area contributed by atoms with Crippen LogP contribution in [0.4, 0.5) is 0 Å². The molecule has 0 spiro atoms. The number of carbonyl (C=O) groups excluding carboxylic acids is 1. The van der Waals surface area contributed by atoms with E-state index in [9.17, 15) is 4.79 Å². The lowest BCUT2D eigenvalue weighted by atomic mass is 9.94. The number of nitrogens with one attached hydrogen (secondary N) is 1. The van der Waals surface area contributed by atoms with E-state index in [2.05, 4.69) is 25.3 Å². The molecule has 1 atom stereocenters. The fraction of sp³-hybridized carbons (Fsp3) is 0.538. The van der Waals surface area contributed by atoms with Gasteiger partial charge in [0.15, 0.2) is 0 Å². The van der Waals surface area contributed by atoms with Gasteiger partial charge in [-0.15, -0.1) is 10.2 Å². The van der Waals surface area contributed by atoms with Gasteiger partial charge < -0.3 is 10.2 Å². The zero-order valence-electron chi connectivity index (χ0n) is 11.9. The Morgan fingerprint density at radius 3 is 3.10 bits per heavy atom. The molecule has 112 valence electrons. The third-order valence-electron chi connectivity index (χ3n) is 3.72. The van der Waals surface area contributed by atoms with Crippen molar-refractivity contribution in [2.75, 3.05) is 13.1 Å². The highest BCUT2D eigenvalue weighted by atomic mass is 16.4. The Kier molecular flexibility index (Phi) is 3.70. The zero-order valence-corrected chi connectivity index (χ0v) is 11.9. The van der Waals surface area contributed by atoms with Gasteiger partial charge in [0.1, 0.15) is 5.69 Å². The quantitative estimate of drug-likeness (QED) is 0.851. The van der Waals surface area contributed by atoms with E-state index in [4.69, 9.17) is 10.2 Å². The van der Waals surface area contributed by atoms with Crippen LogP contribution in [-0.4, -0.2) is 44.3 Å². The number of rotatable bonds is 4. The molecule has 3 rings (SSSR count).